The minimum absolute atomic E-state index is 0.0452. The summed E-state index contributed by atoms with van der Waals surface area (Å²) in [6.45, 7) is 4.32. The molecule has 0 bridgehead atoms. The summed E-state index contributed by atoms with van der Waals surface area (Å²) in [6.07, 6.45) is 3.43. The first kappa shape index (κ1) is 18.5. The summed E-state index contributed by atoms with van der Waals surface area (Å²) in [7, 11) is 0. The Hall–Kier alpha value is -1.85. The molecule has 2 aliphatic rings. The second-order valence-corrected chi connectivity index (χ2v) is 9.06. The maximum absolute atomic E-state index is 10.0. The molecule has 0 fully saturated rings. The number of aromatic hydroxyl groups is 1. The Morgan fingerprint density at radius 1 is 1.22 bits per heavy atom. The van der Waals surface area contributed by atoms with E-state index >= 15 is 0 Å². The standard InChI is InChI=1S/C21H23ClN2O2S/c1-20(2)12-21(24-19(23-20)27-3)11-16(14-6-4-5-7-17(14)22)15-9-8-13(25)10-18(15)26-21/h4-10,16,25H,11-12H2,1-3H3,(H,23,24). The number of hydrogen-bond acceptors (Lipinski definition) is 5. The van der Waals surface area contributed by atoms with Gasteiger partial charge in [0.05, 0.1) is 0 Å². The molecule has 0 radical (unpaired) electrons. The summed E-state index contributed by atoms with van der Waals surface area (Å²) < 4.78 is 6.46. The number of halogens is 1. The van der Waals surface area contributed by atoms with Crippen LogP contribution in [0.3, 0.4) is 0 Å². The van der Waals surface area contributed by atoms with Crippen LogP contribution in [0.2, 0.25) is 5.02 Å². The van der Waals surface area contributed by atoms with Crippen LogP contribution in [0.5, 0.6) is 11.5 Å². The predicted molar refractivity (Wildman–Crippen MR) is 112 cm³/mol. The highest BCUT2D eigenvalue weighted by atomic mass is 35.5. The number of phenols is 1. The van der Waals surface area contributed by atoms with Gasteiger partial charge in [0.25, 0.3) is 0 Å². The zero-order valence-corrected chi connectivity index (χ0v) is 17.2. The van der Waals surface area contributed by atoms with E-state index in [-0.39, 0.29) is 17.2 Å². The molecular formula is C21H23ClN2O2S. The summed E-state index contributed by atoms with van der Waals surface area (Å²) in [4.78, 5) is 4.94. The van der Waals surface area contributed by atoms with Gasteiger partial charge in [-0.05, 0) is 37.8 Å². The summed E-state index contributed by atoms with van der Waals surface area (Å²) in [5.74, 6) is 0.905. The largest absolute Gasteiger partial charge is 0.508 e. The van der Waals surface area contributed by atoms with Crippen molar-refractivity contribution in [2.75, 3.05) is 6.26 Å². The van der Waals surface area contributed by atoms with Gasteiger partial charge in [-0.15, -0.1) is 0 Å². The van der Waals surface area contributed by atoms with Gasteiger partial charge in [-0.1, -0.05) is 47.6 Å². The normalized spacial score (nSPS) is 25.9. The van der Waals surface area contributed by atoms with Crippen LogP contribution in [-0.2, 0) is 0 Å². The van der Waals surface area contributed by atoms with Crippen LogP contribution in [0.4, 0.5) is 0 Å². The molecule has 0 saturated carbocycles. The molecule has 4 nitrogen and oxygen atoms in total. The molecular weight excluding hydrogens is 380 g/mol. The molecule has 2 aliphatic heterocycles. The Morgan fingerprint density at radius 3 is 2.74 bits per heavy atom. The topological polar surface area (TPSA) is 53.9 Å². The smallest absolute Gasteiger partial charge is 0.206 e. The lowest BCUT2D eigenvalue weighted by molar-refractivity contribution is 0.0134. The van der Waals surface area contributed by atoms with Crippen LogP contribution >= 0.6 is 23.4 Å². The van der Waals surface area contributed by atoms with Gasteiger partial charge in [0.15, 0.2) is 5.17 Å². The maximum atomic E-state index is 10.0. The number of hydrogen-bond donors (Lipinski definition) is 2. The Balaban J connectivity index is 1.87. The molecule has 0 saturated heterocycles. The van der Waals surface area contributed by atoms with Gasteiger partial charge in [0.1, 0.15) is 11.5 Å². The Bertz CT molecular complexity index is 915. The molecule has 27 heavy (non-hydrogen) atoms. The van der Waals surface area contributed by atoms with Crippen LogP contribution in [0, 0.1) is 0 Å². The van der Waals surface area contributed by atoms with Crippen molar-refractivity contribution in [1.29, 1.82) is 0 Å². The zero-order valence-electron chi connectivity index (χ0n) is 15.6. The van der Waals surface area contributed by atoms with Crippen LogP contribution in [0.1, 0.15) is 43.7 Å². The van der Waals surface area contributed by atoms with E-state index in [0.29, 0.717) is 12.2 Å². The quantitative estimate of drug-likeness (QED) is 0.692. The number of amidine groups is 1. The van der Waals surface area contributed by atoms with E-state index < -0.39 is 5.72 Å². The summed E-state index contributed by atoms with van der Waals surface area (Å²) in [6, 6.07) is 13.2. The molecule has 2 atom stereocenters. The lowest BCUT2D eigenvalue weighted by Crippen LogP contribution is -2.56. The molecule has 2 aromatic carbocycles. The fourth-order valence-electron chi connectivity index (χ4n) is 4.16. The Kier molecular flexibility index (Phi) is 4.55. The van der Waals surface area contributed by atoms with Crippen LogP contribution in [0.15, 0.2) is 47.5 Å². The van der Waals surface area contributed by atoms with E-state index in [1.54, 1.807) is 23.9 Å². The maximum Gasteiger partial charge on any atom is 0.206 e. The molecule has 2 N–H and O–H groups in total. The molecule has 2 unspecified atom stereocenters. The van der Waals surface area contributed by atoms with E-state index in [1.807, 2.05) is 30.5 Å². The first-order chi connectivity index (χ1) is 12.8. The van der Waals surface area contributed by atoms with E-state index in [4.69, 9.17) is 21.3 Å². The van der Waals surface area contributed by atoms with Crippen molar-refractivity contribution in [3.63, 3.8) is 0 Å². The van der Waals surface area contributed by atoms with E-state index in [1.165, 1.54) is 0 Å². The first-order valence-electron chi connectivity index (χ1n) is 8.99. The second kappa shape index (κ2) is 6.64. The average Bonchev–Trinajstić information content (AvgIpc) is 2.59. The average molecular weight is 403 g/mol. The molecule has 4 rings (SSSR count). The van der Waals surface area contributed by atoms with Crippen molar-refractivity contribution in [1.82, 2.24) is 5.32 Å². The van der Waals surface area contributed by atoms with Crippen molar-refractivity contribution in [2.24, 2.45) is 4.99 Å². The zero-order chi connectivity index (χ0) is 19.2. The van der Waals surface area contributed by atoms with E-state index in [2.05, 4.69) is 25.2 Å². The third kappa shape index (κ3) is 3.50. The highest BCUT2D eigenvalue weighted by molar-refractivity contribution is 8.13. The van der Waals surface area contributed by atoms with Gasteiger partial charge in [0, 0.05) is 41.0 Å². The van der Waals surface area contributed by atoms with Crippen LogP contribution < -0.4 is 10.1 Å². The van der Waals surface area contributed by atoms with Crippen LogP contribution in [-0.4, -0.2) is 27.8 Å². The second-order valence-electron chi connectivity index (χ2n) is 7.86. The molecule has 2 aromatic rings. The number of fused-ring (bicyclic) bond motifs is 1. The molecule has 1 spiro atoms. The van der Waals surface area contributed by atoms with Gasteiger partial charge in [-0.25, -0.2) is 4.99 Å². The van der Waals surface area contributed by atoms with E-state index in [0.717, 1.165) is 27.7 Å². The summed E-state index contributed by atoms with van der Waals surface area (Å²) in [5.41, 5.74) is 1.24. The molecule has 0 aliphatic carbocycles. The third-order valence-electron chi connectivity index (χ3n) is 5.14. The Morgan fingerprint density at radius 2 is 2.00 bits per heavy atom. The van der Waals surface area contributed by atoms with Crippen molar-refractivity contribution >= 4 is 28.5 Å². The number of ether oxygens (including phenoxy) is 1. The van der Waals surface area contributed by atoms with Crippen molar-refractivity contribution in [3.8, 4) is 11.5 Å². The first-order valence-corrected chi connectivity index (χ1v) is 10.6. The van der Waals surface area contributed by atoms with Gasteiger partial charge in [-0.3, -0.25) is 0 Å². The van der Waals surface area contributed by atoms with Crippen molar-refractivity contribution in [2.45, 2.75) is 43.9 Å². The highest BCUT2D eigenvalue weighted by Crippen LogP contribution is 2.50. The van der Waals surface area contributed by atoms with Gasteiger partial charge < -0.3 is 15.2 Å². The third-order valence-corrected chi connectivity index (χ3v) is 6.06. The number of nitrogens with zero attached hydrogens (tertiary/aromatic N) is 1. The van der Waals surface area contributed by atoms with Crippen molar-refractivity contribution in [3.05, 3.63) is 58.6 Å². The summed E-state index contributed by atoms with van der Waals surface area (Å²) >= 11 is 8.14. The SMILES string of the molecule is CSC1=NC2(CC(c3ccccc3Cl)c3ccc(O)cc3O2)CC(C)(C)N1. The van der Waals surface area contributed by atoms with E-state index in [9.17, 15) is 5.11 Å². The molecule has 142 valence electrons. The van der Waals surface area contributed by atoms with Gasteiger partial charge in [0.2, 0.25) is 5.72 Å². The number of aliphatic imine (C=N–C) groups is 1. The Labute approximate surface area is 169 Å². The summed E-state index contributed by atoms with van der Waals surface area (Å²) in [5, 5.41) is 15.1. The lowest BCUT2D eigenvalue weighted by Gasteiger charge is -2.47. The predicted octanol–water partition coefficient (Wildman–Crippen LogP) is 5.15. The lowest BCUT2D eigenvalue weighted by atomic mass is 9.77. The molecule has 6 heteroatoms. The number of nitrogens with one attached hydrogen (secondary N) is 1. The molecule has 2 heterocycles. The molecule has 0 aromatic heterocycles. The minimum atomic E-state index is -0.697. The fraction of sp³-hybridized carbons (Fsp3) is 0.381. The number of thioether (sulfide) groups is 1. The monoisotopic (exact) mass is 402 g/mol. The minimum Gasteiger partial charge on any atom is -0.508 e. The number of phenolic OH excluding ortho intramolecular Hbond substituents is 1. The van der Waals surface area contributed by atoms with Crippen LogP contribution in [0.25, 0.3) is 0 Å². The van der Waals surface area contributed by atoms with Crippen molar-refractivity contribution < 1.29 is 9.84 Å². The fourth-order valence-corrected chi connectivity index (χ4v) is 5.06. The molecule has 0 amide bonds. The number of benzene rings is 2. The van der Waals surface area contributed by atoms with Gasteiger partial charge >= 0.3 is 0 Å². The highest BCUT2D eigenvalue weighted by Gasteiger charge is 2.48. The van der Waals surface area contributed by atoms with Gasteiger partial charge in [-0.2, -0.15) is 0 Å². The number of rotatable bonds is 1.